The molecule has 0 unspecified atom stereocenters. The molecule has 0 saturated heterocycles. The molecule has 2 rings (SSSR count). The molecule has 1 aromatic rings. The average Bonchev–Trinajstić information content (AvgIpc) is 2.35. The van der Waals surface area contributed by atoms with Crippen LogP contribution in [0, 0.1) is 6.92 Å². The van der Waals surface area contributed by atoms with E-state index in [1.165, 1.54) is 0 Å². The average molecular weight is 193 g/mol. The van der Waals surface area contributed by atoms with Crippen LogP contribution in [-0.2, 0) is 0 Å². The van der Waals surface area contributed by atoms with Crippen LogP contribution in [0.25, 0.3) is 0 Å². The van der Waals surface area contributed by atoms with Gasteiger partial charge in [0.15, 0.2) is 0 Å². The molecular weight excluding hydrogens is 186 g/mol. The molecule has 4 heteroatoms. The molecule has 0 radical (unpaired) electrons. The van der Waals surface area contributed by atoms with Crippen LogP contribution in [0.1, 0.15) is 26.3 Å². The molecule has 0 bridgehead atoms. The van der Waals surface area contributed by atoms with Gasteiger partial charge in [-0.3, -0.25) is 14.9 Å². The van der Waals surface area contributed by atoms with E-state index in [1.54, 1.807) is 12.1 Å². The van der Waals surface area contributed by atoms with Crippen LogP contribution < -0.4 is 5.32 Å². The Hall–Kier alpha value is -1.29. The van der Waals surface area contributed by atoms with E-state index < -0.39 is 0 Å². The first-order chi connectivity index (χ1) is 6.11. The van der Waals surface area contributed by atoms with Gasteiger partial charge in [-0.25, -0.2) is 0 Å². The fraction of sp³-hybridized carbons (Fsp3) is 0.111. The van der Waals surface area contributed by atoms with E-state index in [4.69, 9.17) is 0 Å². The number of carbonyl (C=O) groups excluding carboxylic acids is 2. The van der Waals surface area contributed by atoms with E-state index in [0.29, 0.717) is 16.0 Å². The lowest BCUT2D eigenvalue weighted by Gasteiger charge is -2.01. The minimum absolute atomic E-state index is 0.338. The number of thiol groups is 1. The smallest absolute Gasteiger partial charge is 0.260 e. The third kappa shape index (κ3) is 1.06. The SMILES string of the molecule is Cc1ccc2c(c1S)C(=O)NC2=O. The van der Waals surface area contributed by atoms with Gasteiger partial charge >= 0.3 is 0 Å². The number of aryl methyl sites for hydroxylation is 1. The molecule has 66 valence electrons. The van der Waals surface area contributed by atoms with Crippen molar-refractivity contribution in [2.75, 3.05) is 0 Å². The van der Waals surface area contributed by atoms with Gasteiger partial charge in [0.05, 0.1) is 11.1 Å². The van der Waals surface area contributed by atoms with Crippen molar-refractivity contribution in [2.45, 2.75) is 11.8 Å². The number of fused-ring (bicyclic) bond motifs is 1. The van der Waals surface area contributed by atoms with Gasteiger partial charge in [-0.2, -0.15) is 0 Å². The second-order valence-corrected chi connectivity index (χ2v) is 3.38. The first kappa shape index (κ1) is 8.31. The highest BCUT2D eigenvalue weighted by Crippen LogP contribution is 2.25. The minimum Gasteiger partial charge on any atom is -0.288 e. The second kappa shape index (κ2) is 2.60. The predicted octanol–water partition coefficient (Wildman–Crippen LogP) is 1.17. The van der Waals surface area contributed by atoms with Crippen molar-refractivity contribution in [3.63, 3.8) is 0 Å². The van der Waals surface area contributed by atoms with Crippen LogP contribution in [0.4, 0.5) is 0 Å². The highest BCUT2D eigenvalue weighted by Gasteiger charge is 2.28. The maximum atomic E-state index is 11.3. The van der Waals surface area contributed by atoms with Gasteiger partial charge in [-0.15, -0.1) is 12.6 Å². The van der Waals surface area contributed by atoms with E-state index in [1.807, 2.05) is 6.92 Å². The van der Waals surface area contributed by atoms with Crippen molar-refractivity contribution in [1.29, 1.82) is 0 Å². The fourth-order valence-electron chi connectivity index (χ4n) is 1.35. The molecule has 0 aliphatic carbocycles. The van der Waals surface area contributed by atoms with Gasteiger partial charge in [-0.05, 0) is 18.6 Å². The Balaban J connectivity index is 2.78. The summed E-state index contributed by atoms with van der Waals surface area (Å²) in [5.41, 5.74) is 1.71. The van der Waals surface area contributed by atoms with E-state index in [2.05, 4.69) is 17.9 Å². The summed E-state index contributed by atoms with van der Waals surface area (Å²) >= 11 is 4.19. The van der Waals surface area contributed by atoms with Gasteiger partial charge in [0.1, 0.15) is 0 Å². The summed E-state index contributed by atoms with van der Waals surface area (Å²) in [6.07, 6.45) is 0. The van der Waals surface area contributed by atoms with Crippen LogP contribution in [0.15, 0.2) is 17.0 Å². The number of amides is 2. The number of rotatable bonds is 0. The zero-order valence-corrected chi connectivity index (χ0v) is 7.81. The van der Waals surface area contributed by atoms with E-state index in [-0.39, 0.29) is 11.8 Å². The van der Waals surface area contributed by atoms with Crippen molar-refractivity contribution < 1.29 is 9.59 Å². The van der Waals surface area contributed by atoms with Crippen LogP contribution in [-0.4, -0.2) is 11.8 Å². The Morgan fingerprint density at radius 3 is 2.62 bits per heavy atom. The summed E-state index contributed by atoms with van der Waals surface area (Å²) in [6.45, 7) is 1.85. The maximum absolute atomic E-state index is 11.3. The number of hydrogen-bond acceptors (Lipinski definition) is 3. The molecule has 0 fully saturated rings. The Morgan fingerprint density at radius 2 is 1.92 bits per heavy atom. The normalized spacial score (nSPS) is 14.3. The summed E-state index contributed by atoms with van der Waals surface area (Å²) in [5.74, 6) is -0.691. The molecule has 1 aromatic carbocycles. The minimum atomic E-state index is -0.353. The van der Waals surface area contributed by atoms with Gasteiger partial charge in [0, 0.05) is 4.90 Å². The van der Waals surface area contributed by atoms with Crippen LogP contribution in [0.3, 0.4) is 0 Å². The molecule has 1 heterocycles. The molecule has 2 amide bonds. The third-order valence-electron chi connectivity index (χ3n) is 2.08. The molecule has 0 saturated carbocycles. The molecule has 0 spiro atoms. The lowest BCUT2D eigenvalue weighted by Crippen LogP contribution is -2.20. The topological polar surface area (TPSA) is 46.2 Å². The number of nitrogens with one attached hydrogen (secondary N) is 1. The molecule has 1 N–H and O–H groups in total. The van der Waals surface area contributed by atoms with Gasteiger partial charge in [0.2, 0.25) is 0 Å². The fourth-order valence-corrected chi connectivity index (χ4v) is 1.64. The van der Waals surface area contributed by atoms with Crippen LogP contribution >= 0.6 is 12.6 Å². The lowest BCUT2D eigenvalue weighted by molar-refractivity contribution is 0.0879. The van der Waals surface area contributed by atoms with Gasteiger partial charge < -0.3 is 0 Å². The lowest BCUT2D eigenvalue weighted by atomic mass is 10.1. The zero-order chi connectivity index (χ0) is 9.59. The Labute approximate surface area is 80.5 Å². The number of carbonyl (C=O) groups is 2. The van der Waals surface area contributed by atoms with Crippen LogP contribution in [0.5, 0.6) is 0 Å². The Morgan fingerprint density at radius 1 is 1.23 bits per heavy atom. The van der Waals surface area contributed by atoms with Crippen molar-refractivity contribution in [3.05, 3.63) is 28.8 Å². The Bertz CT molecular complexity index is 426. The summed E-state index contributed by atoms with van der Waals surface area (Å²) in [7, 11) is 0. The molecule has 0 atom stereocenters. The highest BCUT2D eigenvalue weighted by molar-refractivity contribution is 7.80. The summed E-state index contributed by atoms with van der Waals surface area (Å²) in [6, 6.07) is 3.42. The second-order valence-electron chi connectivity index (χ2n) is 2.94. The van der Waals surface area contributed by atoms with Crippen LogP contribution in [0.2, 0.25) is 0 Å². The number of hydrogen-bond donors (Lipinski definition) is 2. The standard InChI is InChI=1S/C9H7NO2S/c1-4-2-3-5-6(7(4)13)9(12)10-8(5)11/h2-3,13H,1H3,(H,10,11,12). The van der Waals surface area contributed by atoms with Gasteiger partial charge in [-0.1, -0.05) is 6.07 Å². The zero-order valence-electron chi connectivity index (χ0n) is 6.92. The largest absolute Gasteiger partial charge is 0.288 e. The summed E-state index contributed by atoms with van der Waals surface area (Å²) in [5, 5.41) is 2.22. The molecule has 1 aliphatic heterocycles. The van der Waals surface area contributed by atoms with E-state index in [9.17, 15) is 9.59 Å². The quantitative estimate of drug-likeness (QED) is 0.480. The maximum Gasteiger partial charge on any atom is 0.260 e. The number of imide groups is 1. The summed E-state index contributed by atoms with van der Waals surface area (Å²) < 4.78 is 0. The van der Waals surface area contributed by atoms with Crippen molar-refractivity contribution in [2.24, 2.45) is 0 Å². The first-order valence-corrected chi connectivity index (χ1v) is 4.24. The highest BCUT2D eigenvalue weighted by atomic mass is 32.1. The van der Waals surface area contributed by atoms with Crippen molar-refractivity contribution in [1.82, 2.24) is 5.32 Å². The molecule has 3 nitrogen and oxygen atoms in total. The molecule has 0 aromatic heterocycles. The van der Waals surface area contributed by atoms with Crippen molar-refractivity contribution in [3.8, 4) is 0 Å². The molecule has 13 heavy (non-hydrogen) atoms. The summed E-state index contributed by atoms with van der Waals surface area (Å²) in [4.78, 5) is 23.0. The van der Waals surface area contributed by atoms with Gasteiger partial charge in [0.25, 0.3) is 11.8 Å². The monoisotopic (exact) mass is 193 g/mol. The predicted molar refractivity (Wildman–Crippen MR) is 50.2 cm³/mol. The van der Waals surface area contributed by atoms with E-state index >= 15 is 0 Å². The van der Waals surface area contributed by atoms with Crippen molar-refractivity contribution >= 4 is 24.4 Å². The van der Waals surface area contributed by atoms with E-state index in [0.717, 1.165) is 5.56 Å². The third-order valence-corrected chi connectivity index (χ3v) is 2.65. The first-order valence-electron chi connectivity index (χ1n) is 3.79. The molecular formula is C9H7NO2S. The number of benzene rings is 1. The Kier molecular flexibility index (Phi) is 1.66. The molecule has 1 aliphatic rings.